The molecule has 0 aromatic heterocycles. The third kappa shape index (κ3) is 9.82. The van der Waals surface area contributed by atoms with E-state index < -0.39 is 56.4 Å². The molecule has 134 valence electrons. The monoisotopic (exact) mass is 412 g/mol. The molecule has 5 N–H and O–H groups in total. The van der Waals surface area contributed by atoms with Crippen LogP contribution >= 0.6 is 0 Å². The molecular weight excluding hydrogens is 402 g/mol. The second-order valence-corrected chi connectivity index (χ2v) is 5.41. The van der Waals surface area contributed by atoms with Gasteiger partial charge < -0.3 is 40.2 Å². The minimum atomic E-state index is -4.45. The molecule has 0 aliphatic carbocycles. The Balaban J connectivity index is -0.000000398. The molecule has 0 spiro atoms. The Kier molecular flexibility index (Phi) is 14.6. The van der Waals surface area contributed by atoms with E-state index in [9.17, 15) is 33.0 Å². The number of hydrogen-bond donors (Lipinski definition) is 5. The fraction of sp³-hybridized carbons (Fsp3) is 0.182. The summed E-state index contributed by atoms with van der Waals surface area (Å²) in [6.07, 6.45) is -4.88. The van der Waals surface area contributed by atoms with Crippen LogP contribution < -0.4 is 69.3 Å². The summed E-state index contributed by atoms with van der Waals surface area (Å²) < 4.78 is 29.8. The van der Waals surface area contributed by atoms with Gasteiger partial charge in [-0.05, 0) is 18.2 Å². The van der Waals surface area contributed by atoms with E-state index in [4.69, 9.17) is 25.0 Å². The number of benzene rings is 1. The van der Waals surface area contributed by atoms with Crippen LogP contribution in [0, 0.1) is 0 Å². The fourth-order valence-electron chi connectivity index (χ4n) is 1.10. The molecule has 0 aliphatic heterocycles. The van der Waals surface area contributed by atoms with Crippen LogP contribution in [-0.2, 0) is 19.7 Å². The van der Waals surface area contributed by atoms with Crippen molar-refractivity contribution >= 4 is 28.0 Å². The number of aromatic carboxylic acids is 1. The normalized spacial score (nSPS) is 12.1. The van der Waals surface area contributed by atoms with Crippen LogP contribution in [0.1, 0.15) is 10.4 Å². The minimum Gasteiger partial charge on any atom is -0.547 e. The second kappa shape index (κ2) is 12.6. The van der Waals surface area contributed by atoms with Gasteiger partial charge in [0.05, 0.1) is 16.8 Å². The standard InChI is InChI=1S/C7H6O6S.C4H6O6.2Na/c8-6-2-1-4(14(11,12)13)3-5(6)7(9)10;5-1(3(7)8)2(6)4(9)10;;/h1-3,8H,(H,9,10)(H,11,12,13);1-2,5-6H,(H,7,8)(H,9,10);;/q;;2*+1/p-2. The van der Waals surface area contributed by atoms with Crippen molar-refractivity contribution in [3.05, 3.63) is 23.8 Å². The van der Waals surface area contributed by atoms with Crippen molar-refractivity contribution in [3.8, 4) is 5.75 Å². The zero-order chi connectivity index (χ0) is 19.2. The topological polar surface area (TPSA) is 233 Å². The molecule has 0 bridgehead atoms. The van der Waals surface area contributed by atoms with Crippen LogP contribution in [0.15, 0.2) is 23.1 Å². The van der Waals surface area contributed by atoms with Crippen molar-refractivity contribution in [2.45, 2.75) is 17.1 Å². The number of hydrogen-bond acceptors (Lipinski definition) is 10. The third-order valence-electron chi connectivity index (χ3n) is 2.28. The molecule has 0 saturated carbocycles. The molecular formula is C11H10Na2O12S. The first-order valence-corrected chi connectivity index (χ1v) is 7.04. The van der Waals surface area contributed by atoms with Crippen molar-refractivity contribution in [2.24, 2.45) is 0 Å². The first-order valence-electron chi connectivity index (χ1n) is 5.60. The predicted octanol–water partition coefficient (Wildman–Crippen LogP) is -10.4. The Morgan fingerprint density at radius 1 is 0.962 bits per heavy atom. The molecule has 1 rings (SSSR count). The summed E-state index contributed by atoms with van der Waals surface area (Å²) in [5.41, 5.74) is -0.583. The molecule has 0 amide bonds. The number of aliphatic hydroxyl groups is 2. The van der Waals surface area contributed by atoms with E-state index in [0.717, 1.165) is 12.1 Å². The van der Waals surface area contributed by atoms with Crippen LogP contribution in [0.4, 0.5) is 0 Å². The van der Waals surface area contributed by atoms with Crippen molar-refractivity contribution in [1.29, 1.82) is 0 Å². The SMILES string of the molecule is O=C(O)c1cc(S(=O)(=O)O)ccc1O.O=C([O-])C(O)C(O)C(=O)[O-].[Na+].[Na+]. The van der Waals surface area contributed by atoms with Crippen LogP contribution in [0.25, 0.3) is 0 Å². The Morgan fingerprint density at radius 3 is 1.62 bits per heavy atom. The maximum absolute atomic E-state index is 10.6. The number of carboxylic acid groups (broad SMARTS) is 3. The Hall–Kier alpha value is -0.740. The second-order valence-electron chi connectivity index (χ2n) is 3.99. The van der Waals surface area contributed by atoms with Gasteiger partial charge in [-0.2, -0.15) is 8.42 Å². The molecule has 2 unspecified atom stereocenters. The summed E-state index contributed by atoms with van der Waals surface area (Å²) in [6, 6.07) is 2.46. The molecule has 0 fully saturated rings. The number of aliphatic hydroxyl groups excluding tert-OH is 2. The maximum atomic E-state index is 10.6. The summed E-state index contributed by atoms with van der Waals surface area (Å²) in [5, 5.41) is 53.3. The summed E-state index contributed by atoms with van der Waals surface area (Å²) >= 11 is 0. The van der Waals surface area contributed by atoms with E-state index in [1.165, 1.54) is 0 Å². The van der Waals surface area contributed by atoms with Gasteiger partial charge in [0.25, 0.3) is 10.1 Å². The summed E-state index contributed by atoms with van der Waals surface area (Å²) in [5.74, 6) is -6.16. The van der Waals surface area contributed by atoms with Gasteiger partial charge in [0.15, 0.2) is 0 Å². The molecule has 0 saturated heterocycles. The van der Waals surface area contributed by atoms with E-state index in [0.29, 0.717) is 6.07 Å². The number of carbonyl (C=O) groups excluding carboxylic acids is 2. The van der Waals surface area contributed by atoms with E-state index in [1.54, 1.807) is 0 Å². The number of aromatic hydroxyl groups is 1. The van der Waals surface area contributed by atoms with Gasteiger partial charge in [0, 0.05) is 0 Å². The number of aliphatic carboxylic acids is 2. The van der Waals surface area contributed by atoms with Crippen LogP contribution in [-0.4, -0.2) is 63.5 Å². The van der Waals surface area contributed by atoms with Gasteiger partial charge in [-0.25, -0.2) is 4.79 Å². The summed E-state index contributed by atoms with van der Waals surface area (Å²) in [7, 11) is -4.45. The first kappa shape index (κ1) is 30.0. The smallest absolute Gasteiger partial charge is 0.547 e. The molecule has 0 heterocycles. The van der Waals surface area contributed by atoms with Crippen LogP contribution in [0.3, 0.4) is 0 Å². The number of carboxylic acids is 3. The molecule has 0 aliphatic rings. The van der Waals surface area contributed by atoms with E-state index in [-0.39, 0.29) is 59.1 Å². The average Bonchev–Trinajstić information content (AvgIpc) is 2.44. The largest absolute Gasteiger partial charge is 1.00 e. The Morgan fingerprint density at radius 2 is 1.35 bits per heavy atom. The molecule has 12 nitrogen and oxygen atoms in total. The van der Waals surface area contributed by atoms with Crippen LogP contribution in [0.2, 0.25) is 0 Å². The van der Waals surface area contributed by atoms with Crippen molar-refractivity contribution in [2.75, 3.05) is 0 Å². The van der Waals surface area contributed by atoms with Gasteiger partial charge >= 0.3 is 65.1 Å². The molecule has 26 heavy (non-hydrogen) atoms. The van der Waals surface area contributed by atoms with Gasteiger partial charge in [-0.1, -0.05) is 0 Å². The molecule has 1 aromatic rings. The third-order valence-corrected chi connectivity index (χ3v) is 3.13. The minimum absolute atomic E-state index is 0. The van der Waals surface area contributed by atoms with Crippen molar-refractivity contribution < 1.29 is 117 Å². The van der Waals surface area contributed by atoms with Gasteiger partial charge in [0.1, 0.15) is 23.5 Å². The average molecular weight is 412 g/mol. The molecule has 2 atom stereocenters. The quantitative estimate of drug-likeness (QED) is 0.224. The number of rotatable bonds is 5. The zero-order valence-corrected chi connectivity index (χ0v) is 18.2. The molecule has 0 radical (unpaired) electrons. The van der Waals surface area contributed by atoms with Crippen molar-refractivity contribution in [3.63, 3.8) is 0 Å². The van der Waals surface area contributed by atoms with E-state index in [1.807, 2.05) is 0 Å². The zero-order valence-electron chi connectivity index (χ0n) is 13.4. The van der Waals surface area contributed by atoms with Gasteiger partial charge in [-0.15, -0.1) is 0 Å². The fourth-order valence-corrected chi connectivity index (χ4v) is 1.61. The molecule has 1 aromatic carbocycles. The van der Waals surface area contributed by atoms with Crippen LogP contribution in [0.5, 0.6) is 5.75 Å². The first-order chi connectivity index (χ1) is 10.8. The summed E-state index contributed by atoms with van der Waals surface area (Å²) in [6.45, 7) is 0. The predicted molar refractivity (Wildman–Crippen MR) is 66.9 cm³/mol. The summed E-state index contributed by atoms with van der Waals surface area (Å²) in [4.78, 5) is 29.2. The van der Waals surface area contributed by atoms with Gasteiger partial charge in [-0.3, -0.25) is 4.55 Å². The number of phenols is 1. The Bertz CT molecular complexity index is 730. The number of carbonyl (C=O) groups is 3. The van der Waals surface area contributed by atoms with Crippen molar-refractivity contribution in [1.82, 2.24) is 0 Å². The van der Waals surface area contributed by atoms with E-state index in [2.05, 4.69) is 0 Å². The molecule has 15 heteroatoms. The Labute approximate surface area is 190 Å². The van der Waals surface area contributed by atoms with Gasteiger partial charge in [0.2, 0.25) is 0 Å². The maximum Gasteiger partial charge on any atom is 1.00 e. The van der Waals surface area contributed by atoms with E-state index >= 15 is 0 Å².